The molecule has 0 radical (unpaired) electrons. The normalized spacial score (nSPS) is 18.1. The second kappa shape index (κ2) is 7.11. The van der Waals surface area contributed by atoms with Crippen molar-refractivity contribution in [2.45, 2.75) is 26.1 Å². The summed E-state index contributed by atoms with van der Waals surface area (Å²) >= 11 is 1.54. The summed E-state index contributed by atoms with van der Waals surface area (Å²) in [4.78, 5) is 27.5. The predicted octanol–water partition coefficient (Wildman–Crippen LogP) is 3.13. The molecule has 3 heterocycles. The molecule has 0 fully saturated rings. The minimum atomic E-state index is -0.303. The fraction of sp³-hybridized carbons (Fsp3) is 0.368. The first-order valence-corrected chi connectivity index (χ1v) is 9.70. The first-order chi connectivity index (χ1) is 13.1. The Morgan fingerprint density at radius 3 is 2.78 bits per heavy atom. The van der Waals surface area contributed by atoms with E-state index < -0.39 is 0 Å². The van der Waals surface area contributed by atoms with Gasteiger partial charge in [-0.3, -0.25) is 4.79 Å². The van der Waals surface area contributed by atoms with Crippen LogP contribution in [0.2, 0.25) is 0 Å². The average Bonchev–Trinajstić information content (AvgIpc) is 3.06. The van der Waals surface area contributed by atoms with Crippen LogP contribution in [0, 0.1) is 0 Å². The van der Waals surface area contributed by atoms with Gasteiger partial charge in [0.15, 0.2) is 0 Å². The summed E-state index contributed by atoms with van der Waals surface area (Å²) in [6.07, 6.45) is 0.0580. The number of fused-ring (bicyclic) bond motifs is 3. The van der Waals surface area contributed by atoms with E-state index in [4.69, 9.17) is 9.47 Å². The molecule has 0 unspecified atom stereocenters. The van der Waals surface area contributed by atoms with Gasteiger partial charge < -0.3 is 25.0 Å². The summed E-state index contributed by atoms with van der Waals surface area (Å²) in [5.74, 6) is 0.693. The number of carbonyl (C=O) groups excluding carboxylic acids is 2. The Hall–Kier alpha value is -2.74. The fourth-order valence-corrected chi connectivity index (χ4v) is 4.74. The predicted molar refractivity (Wildman–Crippen MR) is 102 cm³/mol. The van der Waals surface area contributed by atoms with Crippen molar-refractivity contribution in [1.29, 1.82) is 0 Å². The average molecular weight is 387 g/mol. The van der Waals surface area contributed by atoms with Crippen LogP contribution in [-0.2, 0) is 17.7 Å². The van der Waals surface area contributed by atoms with Crippen LogP contribution in [0.3, 0.4) is 0 Å². The van der Waals surface area contributed by atoms with Gasteiger partial charge >= 0.3 is 6.09 Å². The second-order valence-corrected chi connectivity index (χ2v) is 7.51. The molecule has 27 heavy (non-hydrogen) atoms. The summed E-state index contributed by atoms with van der Waals surface area (Å²) in [7, 11) is 1.62. The molecule has 0 bridgehead atoms. The number of thiophene rings is 1. The highest BCUT2D eigenvalue weighted by Crippen LogP contribution is 2.40. The summed E-state index contributed by atoms with van der Waals surface area (Å²) < 4.78 is 10.3. The van der Waals surface area contributed by atoms with Crippen molar-refractivity contribution < 1.29 is 19.1 Å². The van der Waals surface area contributed by atoms with E-state index in [0.717, 1.165) is 26.8 Å². The molecule has 0 saturated carbocycles. The Bertz CT molecular complexity index is 878. The highest BCUT2D eigenvalue weighted by molar-refractivity contribution is 7.16. The van der Waals surface area contributed by atoms with Crippen molar-refractivity contribution in [1.82, 2.24) is 10.2 Å². The van der Waals surface area contributed by atoms with E-state index in [0.29, 0.717) is 31.7 Å². The number of rotatable bonds is 3. The van der Waals surface area contributed by atoms with E-state index in [2.05, 4.69) is 10.6 Å². The third-order valence-electron chi connectivity index (χ3n) is 4.81. The van der Waals surface area contributed by atoms with Gasteiger partial charge in [-0.05, 0) is 36.6 Å². The van der Waals surface area contributed by atoms with Crippen LogP contribution in [0.15, 0.2) is 24.3 Å². The van der Waals surface area contributed by atoms with Gasteiger partial charge in [0.25, 0.3) is 5.91 Å². The summed E-state index contributed by atoms with van der Waals surface area (Å²) in [5, 5.41) is 7.30. The fourth-order valence-electron chi connectivity index (χ4n) is 3.45. The van der Waals surface area contributed by atoms with E-state index in [1.165, 1.54) is 0 Å². The Morgan fingerprint density at radius 2 is 2.07 bits per heavy atom. The lowest BCUT2D eigenvalue weighted by molar-refractivity contribution is 0.0934. The van der Waals surface area contributed by atoms with Gasteiger partial charge in [0.05, 0.1) is 25.8 Å². The van der Waals surface area contributed by atoms with Crippen LogP contribution in [0.5, 0.6) is 5.75 Å². The topological polar surface area (TPSA) is 79.9 Å². The Labute approximate surface area is 161 Å². The molecule has 2 aliphatic rings. The largest absolute Gasteiger partial charge is 0.497 e. The number of amides is 2. The van der Waals surface area contributed by atoms with Crippen LogP contribution in [0.25, 0.3) is 0 Å². The van der Waals surface area contributed by atoms with E-state index in [1.54, 1.807) is 30.3 Å². The summed E-state index contributed by atoms with van der Waals surface area (Å²) in [6.45, 7) is 3.19. The minimum Gasteiger partial charge on any atom is -0.497 e. The number of hydrogen-bond acceptors (Lipinski definition) is 6. The van der Waals surface area contributed by atoms with Gasteiger partial charge in [0.1, 0.15) is 16.9 Å². The molecule has 4 rings (SSSR count). The number of hydrogen-bond donors (Lipinski definition) is 2. The Morgan fingerprint density at radius 1 is 1.30 bits per heavy atom. The molecule has 1 atom stereocenters. The van der Waals surface area contributed by atoms with Crippen molar-refractivity contribution in [3.63, 3.8) is 0 Å². The van der Waals surface area contributed by atoms with Gasteiger partial charge in [-0.15, -0.1) is 11.3 Å². The first-order valence-electron chi connectivity index (χ1n) is 8.88. The molecule has 0 spiro atoms. The van der Waals surface area contributed by atoms with Crippen LogP contribution in [0.4, 0.5) is 9.80 Å². The maximum Gasteiger partial charge on any atom is 0.410 e. The maximum atomic E-state index is 12.8. The van der Waals surface area contributed by atoms with Crippen LogP contribution in [0.1, 0.15) is 39.5 Å². The van der Waals surface area contributed by atoms with E-state index in [9.17, 15) is 9.59 Å². The van der Waals surface area contributed by atoms with Gasteiger partial charge in [0, 0.05) is 11.4 Å². The zero-order valence-electron chi connectivity index (χ0n) is 15.2. The number of benzene rings is 1. The lowest BCUT2D eigenvalue weighted by Gasteiger charge is -2.28. The molecule has 2 N–H and O–H groups in total. The minimum absolute atomic E-state index is 0.0772. The molecule has 1 aromatic carbocycles. The lowest BCUT2D eigenvalue weighted by Crippen LogP contribution is -2.39. The molecule has 8 heteroatoms. The lowest BCUT2D eigenvalue weighted by atomic mass is 10.0. The number of ether oxygens (including phenoxy) is 2. The highest BCUT2D eigenvalue weighted by Gasteiger charge is 2.34. The molecule has 7 nitrogen and oxygen atoms in total. The number of carbonyl (C=O) groups is 2. The van der Waals surface area contributed by atoms with Crippen LogP contribution >= 0.6 is 11.3 Å². The molecule has 2 aliphatic heterocycles. The third kappa shape index (κ3) is 3.21. The molecule has 142 valence electrons. The zero-order valence-corrected chi connectivity index (χ0v) is 16.0. The molecule has 2 aromatic rings. The molecular formula is C19H21N3O4S. The molecular weight excluding hydrogens is 366 g/mol. The summed E-state index contributed by atoms with van der Waals surface area (Å²) in [5.41, 5.74) is 2.70. The standard InChI is InChI=1S/C19H21N3O4S/c1-3-26-19(24)22-9-8-13-14(10-22)27-18-15(13)17(23)20-16(21-18)11-4-6-12(25-2)7-5-11/h4-7,16,21H,3,8-10H2,1-2H3,(H,20,23)/t16-/m1/s1. The maximum absolute atomic E-state index is 12.8. The number of nitrogens with one attached hydrogen (secondary N) is 2. The van der Waals surface area contributed by atoms with Crippen molar-refractivity contribution in [2.75, 3.05) is 25.6 Å². The van der Waals surface area contributed by atoms with Crippen molar-refractivity contribution in [2.24, 2.45) is 0 Å². The van der Waals surface area contributed by atoms with Gasteiger partial charge in [-0.2, -0.15) is 0 Å². The van der Waals surface area contributed by atoms with Crippen LogP contribution < -0.4 is 15.4 Å². The summed E-state index contributed by atoms with van der Waals surface area (Å²) in [6, 6.07) is 7.60. The van der Waals surface area contributed by atoms with Gasteiger partial charge in [-0.1, -0.05) is 12.1 Å². The molecule has 0 saturated heterocycles. The second-order valence-electron chi connectivity index (χ2n) is 6.40. The van der Waals surface area contributed by atoms with E-state index in [1.807, 2.05) is 24.3 Å². The quantitative estimate of drug-likeness (QED) is 0.846. The monoisotopic (exact) mass is 387 g/mol. The third-order valence-corrected chi connectivity index (χ3v) is 5.96. The van der Waals surface area contributed by atoms with Crippen molar-refractivity contribution in [3.8, 4) is 5.75 Å². The van der Waals surface area contributed by atoms with Gasteiger partial charge in [-0.25, -0.2) is 4.79 Å². The smallest absolute Gasteiger partial charge is 0.410 e. The van der Waals surface area contributed by atoms with Crippen molar-refractivity contribution in [3.05, 3.63) is 45.8 Å². The van der Waals surface area contributed by atoms with Crippen molar-refractivity contribution >= 4 is 28.3 Å². The molecule has 2 amide bonds. The van der Waals surface area contributed by atoms with E-state index in [-0.39, 0.29) is 18.2 Å². The van der Waals surface area contributed by atoms with Gasteiger partial charge in [0.2, 0.25) is 0 Å². The number of anilines is 1. The Kier molecular flexibility index (Phi) is 4.65. The SMILES string of the molecule is CCOC(=O)N1CCc2c(sc3c2C(=O)N[C@@H](c2ccc(OC)cc2)N3)C1. The first kappa shape index (κ1) is 17.7. The number of methoxy groups -OCH3 is 1. The Balaban J connectivity index is 1.57. The highest BCUT2D eigenvalue weighted by atomic mass is 32.1. The van der Waals surface area contributed by atoms with Crippen LogP contribution in [-0.4, -0.2) is 37.2 Å². The molecule has 1 aromatic heterocycles. The van der Waals surface area contributed by atoms with E-state index >= 15 is 0 Å². The zero-order chi connectivity index (χ0) is 19.0. The number of nitrogens with zero attached hydrogens (tertiary/aromatic N) is 1. The molecule has 0 aliphatic carbocycles.